The normalized spacial score (nSPS) is 20.2. The zero-order valence-corrected chi connectivity index (χ0v) is 16.1. The molecule has 2 heterocycles. The van der Waals surface area contributed by atoms with Crippen LogP contribution in [0, 0.1) is 10.1 Å². The van der Waals surface area contributed by atoms with Crippen molar-refractivity contribution < 1.29 is 9.66 Å². The summed E-state index contributed by atoms with van der Waals surface area (Å²) in [4.78, 5) is 10.6. The summed E-state index contributed by atoms with van der Waals surface area (Å²) >= 11 is 0. The minimum absolute atomic E-state index is 0.0815. The summed E-state index contributed by atoms with van der Waals surface area (Å²) in [6.07, 6.45) is 6.45. The standard InChI is InChI=1S/C22H25N3O3/c1-2-3-4-5-8-17-15-20-19-9-6-7-10-21(19)28-22(24(20)23-17)16-11-13-18(14-12-16)25(26)27/h6-7,9-14,20,22H,2-5,8,15H2,1H3/t20-,22+/m1/s1. The molecule has 2 aliphatic heterocycles. The number of fused-ring (bicyclic) bond motifs is 3. The number of ether oxygens (including phenoxy) is 1. The molecule has 2 aliphatic rings. The first-order valence-electron chi connectivity index (χ1n) is 10.0. The smallest absolute Gasteiger partial charge is 0.269 e. The number of para-hydroxylation sites is 1. The Kier molecular flexibility index (Phi) is 5.28. The van der Waals surface area contributed by atoms with E-state index in [1.807, 2.05) is 23.2 Å². The molecule has 0 aromatic heterocycles. The van der Waals surface area contributed by atoms with Crippen molar-refractivity contribution in [3.63, 3.8) is 0 Å². The molecule has 0 aliphatic carbocycles. The number of hydrogen-bond acceptors (Lipinski definition) is 5. The van der Waals surface area contributed by atoms with Crippen molar-refractivity contribution in [2.24, 2.45) is 5.10 Å². The number of nitro benzene ring substituents is 1. The molecular weight excluding hydrogens is 354 g/mol. The van der Waals surface area contributed by atoms with Gasteiger partial charge >= 0.3 is 0 Å². The predicted molar refractivity (Wildman–Crippen MR) is 108 cm³/mol. The van der Waals surface area contributed by atoms with Crippen LogP contribution in [0.25, 0.3) is 0 Å². The number of unbranched alkanes of at least 4 members (excludes halogenated alkanes) is 3. The molecule has 0 saturated heterocycles. The highest BCUT2D eigenvalue weighted by Gasteiger charge is 2.40. The van der Waals surface area contributed by atoms with E-state index >= 15 is 0 Å². The Hall–Kier alpha value is -2.89. The largest absolute Gasteiger partial charge is 0.464 e. The fourth-order valence-corrected chi connectivity index (χ4v) is 3.99. The van der Waals surface area contributed by atoms with Gasteiger partial charge in [0.2, 0.25) is 6.23 Å². The van der Waals surface area contributed by atoms with E-state index in [2.05, 4.69) is 13.0 Å². The third-order valence-electron chi connectivity index (χ3n) is 5.47. The molecule has 0 bridgehead atoms. The molecule has 0 N–H and O–H groups in total. The lowest BCUT2D eigenvalue weighted by molar-refractivity contribution is -0.384. The Labute approximate surface area is 165 Å². The van der Waals surface area contributed by atoms with Gasteiger partial charge in [0.1, 0.15) is 5.75 Å². The Morgan fingerprint density at radius 1 is 1.14 bits per heavy atom. The average Bonchev–Trinajstić information content (AvgIpc) is 3.15. The quantitative estimate of drug-likeness (QED) is 0.348. The van der Waals surface area contributed by atoms with E-state index in [4.69, 9.17) is 9.84 Å². The van der Waals surface area contributed by atoms with E-state index in [0.717, 1.165) is 36.1 Å². The van der Waals surface area contributed by atoms with Crippen LogP contribution in [0.4, 0.5) is 5.69 Å². The summed E-state index contributed by atoms with van der Waals surface area (Å²) in [6, 6.07) is 14.9. The fourth-order valence-electron chi connectivity index (χ4n) is 3.99. The fraction of sp³-hybridized carbons (Fsp3) is 0.409. The van der Waals surface area contributed by atoms with Crippen LogP contribution in [0.1, 0.15) is 68.8 Å². The molecule has 0 saturated carbocycles. The molecule has 2 atom stereocenters. The zero-order chi connectivity index (χ0) is 19.5. The van der Waals surface area contributed by atoms with E-state index in [0.29, 0.717) is 0 Å². The molecule has 0 amide bonds. The minimum atomic E-state index is -0.383. The summed E-state index contributed by atoms with van der Waals surface area (Å²) in [7, 11) is 0. The Balaban J connectivity index is 1.60. The number of non-ortho nitro benzene ring substituents is 1. The Morgan fingerprint density at radius 2 is 1.93 bits per heavy atom. The van der Waals surface area contributed by atoms with Crippen LogP contribution < -0.4 is 4.74 Å². The molecule has 2 aromatic carbocycles. The number of nitro groups is 1. The lowest BCUT2D eigenvalue weighted by atomic mass is 9.96. The molecular formula is C22H25N3O3. The van der Waals surface area contributed by atoms with Crippen LogP contribution >= 0.6 is 0 Å². The molecule has 0 radical (unpaired) electrons. The first-order valence-corrected chi connectivity index (χ1v) is 10.0. The average molecular weight is 379 g/mol. The van der Waals surface area contributed by atoms with Gasteiger partial charge in [0, 0.05) is 35.4 Å². The van der Waals surface area contributed by atoms with Crippen molar-refractivity contribution in [3.05, 3.63) is 69.8 Å². The van der Waals surface area contributed by atoms with Gasteiger partial charge in [-0.05, 0) is 31.0 Å². The van der Waals surface area contributed by atoms with E-state index in [1.54, 1.807) is 12.1 Å². The van der Waals surface area contributed by atoms with Gasteiger partial charge in [-0.1, -0.05) is 44.4 Å². The molecule has 6 heteroatoms. The van der Waals surface area contributed by atoms with Crippen LogP contribution in [-0.2, 0) is 0 Å². The van der Waals surface area contributed by atoms with Gasteiger partial charge in [-0.2, -0.15) is 5.10 Å². The number of rotatable bonds is 7. The number of hydrazone groups is 1. The molecule has 0 fully saturated rings. The first kappa shape index (κ1) is 18.5. The third kappa shape index (κ3) is 3.59. The molecule has 0 spiro atoms. The highest BCUT2D eigenvalue weighted by molar-refractivity contribution is 5.86. The van der Waals surface area contributed by atoms with Gasteiger partial charge in [0.25, 0.3) is 5.69 Å². The Morgan fingerprint density at radius 3 is 2.68 bits per heavy atom. The van der Waals surface area contributed by atoms with Gasteiger partial charge in [-0.25, -0.2) is 5.01 Å². The highest BCUT2D eigenvalue weighted by Crippen LogP contribution is 2.47. The van der Waals surface area contributed by atoms with E-state index in [9.17, 15) is 10.1 Å². The number of nitrogens with zero attached hydrogens (tertiary/aromatic N) is 3. The lowest BCUT2D eigenvalue weighted by Crippen LogP contribution is -2.33. The van der Waals surface area contributed by atoms with Crippen molar-refractivity contribution in [3.8, 4) is 5.75 Å². The van der Waals surface area contributed by atoms with Crippen LogP contribution in [0.3, 0.4) is 0 Å². The van der Waals surface area contributed by atoms with Crippen molar-refractivity contribution in [2.75, 3.05) is 0 Å². The summed E-state index contributed by atoms with van der Waals surface area (Å²) in [5, 5.41) is 17.9. The topological polar surface area (TPSA) is 68.0 Å². The van der Waals surface area contributed by atoms with Gasteiger partial charge in [-0.15, -0.1) is 0 Å². The van der Waals surface area contributed by atoms with Crippen LogP contribution in [-0.4, -0.2) is 15.6 Å². The van der Waals surface area contributed by atoms with Gasteiger partial charge in [0.05, 0.1) is 11.0 Å². The second-order valence-electron chi connectivity index (χ2n) is 7.43. The summed E-state index contributed by atoms with van der Waals surface area (Å²) < 4.78 is 6.27. The van der Waals surface area contributed by atoms with E-state index < -0.39 is 0 Å². The second kappa shape index (κ2) is 8.00. The van der Waals surface area contributed by atoms with Crippen LogP contribution in [0.2, 0.25) is 0 Å². The second-order valence-corrected chi connectivity index (χ2v) is 7.43. The molecule has 2 aromatic rings. The van der Waals surface area contributed by atoms with Crippen LogP contribution in [0.15, 0.2) is 53.6 Å². The first-order chi connectivity index (χ1) is 13.7. The number of hydrogen-bond donors (Lipinski definition) is 0. The van der Waals surface area contributed by atoms with E-state index in [1.165, 1.54) is 37.1 Å². The van der Waals surface area contributed by atoms with Crippen molar-refractivity contribution in [2.45, 2.75) is 57.7 Å². The predicted octanol–water partition coefficient (Wildman–Crippen LogP) is 5.76. The van der Waals surface area contributed by atoms with Crippen molar-refractivity contribution >= 4 is 11.4 Å². The molecule has 28 heavy (non-hydrogen) atoms. The number of benzene rings is 2. The summed E-state index contributed by atoms with van der Waals surface area (Å²) in [5.41, 5.74) is 3.33. The summed E-state index contributed by atoms with van der Waals surface area (Å²) in [6.45, 7) is 2.22. The molecule has 0 unspecified atom stereocenters. The molecule has 6 nitrogen and oxygen atoms in total. The van der Waals surface area contributed by atoms with E-state index in [-0.39, 0.29) is 22.9 Å². The molecule has 4 rings (SSSR count). The maximum atomic E-state index is 11.0. The minimum Gasteiger partial charge on any atom is -0.464 e. The van der Waals surface area contributed by atoms with Crippen LogP contribution in [0.5, 0.6) is 5.75 Å². The highest BCUT2D eigenvalue weighted by atomic mass is 16.6. The Bertz CT molecular complexity index is 879. The SMILES string of the molecule is CCCCCCC1=NN2[C@H](C1)c1ccccc1O[C@H]2c1ccc([N+](=O)[O-])cc1. The third-order valence-corrected chi connectivity index (χ3v) is 5.47. The van der Waals surface area contributed by atoms with Gasteiger partial charge in [-0.3, -0.25) is 10.1 Å². The van der Waals surface area contributed by atoms with Crippen molar-refractivity contribution in [1.82, 2.24) is 5.01 Å². The monoisotopic (exact) mass is 379 g/mol. The lowest BCUT2D eigenvalue weighted by Gasteiger charge is -2.38. The molecule has 146 valence electrons. The van der Waals surface area contributed by atoms with Gasteiger partial charge in [0.15, 0.2) is 0 Å². The zero-order valence-electron chi connectivity index (χ0n) is 16.1. The van der Waals surface area contributed by atoms with Gasteiger partial charge < -0.3 is 4.74 Å². The maximum Gasteiger partial charge on any atom is 0.269 e. The summed E-state index contributed by atoms with van der Waals surface area (Å²) in [5.74, 6) is 0.870. The maximum absolute atomic E-state index is 11.0. The van der Waals surface area contributed by atoms with Crippen molar-refractivity contribution in [1.29, 1.82) is 0 Å².